The van der Waals surface area contributed by atoms with Gasteiger partial charge in [-0.05, 0) is 104 Å². The van der Waals surface area contributed by atoms with Crippen LogP contribution < -0.4 is 5.32 Å². The van der Waals surface area contributed by atoms with Crippen LogP contribution in [0.4, 0.5) is 5.69 Å². The standard InChI is InChI=1S/C66H103NO24/c1-32-53(69)59(79-15)54(70)61(84-32)91-58-36(5)83-52(30-46(58)78-14)90-57-35(4)82-51(29-45(57)77-13)89-56-34(3)81-50(28-44(56)76-12)88-55-33(2)80-49(27-43(55)75-11)87-40-21-22-62(8)39(26-40)20-23-65(73)47(62)31-48(86-38(7)68)63(9)64(72,24-25-66(63,65)74)37(6)85-60(71)41-18-16-17-19-42(41)67-10/h16-20,32-37,40,43-59,61,67,69-70,72-74H,21-31H2,1-15H3/t32-,33-,34-,35-,36-,37+,40+,43+,44+,45+,46+,47-,48-,49+,50+,51+,52+,53-,54-,55-,56-,57-,58-,59-,61+,62+,63-,64-,65+,66-/m1/s1. The SMILES string of the molecule is CNc1ccccc1C(=O)O[C@@H](C)[C@]1(O)CC[C@@]2(O)[C@]1(C)[C@H](OC(C)=O)C[C@@H]1[C@@]3(C)CC[C@H](O[C@H]4C[C@H](OC)[C@H](O[C@H]5C[C@H](OC)[C@H](O[C@H]6C[C@H](OC)[C@H](O[C@H]7C[C@H](OC)[C@H](O[C@@H]8O[C@H](C)[C@@H](O)[C@@H](OC)[C@H]8O)[C@@H](C)O7)[C@@H](C)O6)[C@@H](C)O5)[C@@H](C)O4)CC3=CC[C@]12O. The largest absolute Gasteiger partial charge is 0.462 e. The average Bonchev–Trinajstić information content (AvgIpc) is 1.63. The average molecular weight is 1290 g/mol. The molecule has 4 aliphatic carbocycles. The molecule has 5 aliphatic heterocycles. The second-order valence-electron chi connectivity index (χ2n) is 27.4. The van der Waals surface area contributed by atoms with Gasteiger partial charge in [0.15, 0.2) is 31.5 Å². The molecule has 9 aliphatic rings. The number of nitrogens with one attached hydrogen (secondary N) is 1. The summed E-state index contributed by atoms with van der Waals surface area (Å²) in [5.74, 6) is -1.84. The van der Waals surface area contributed by atoms with Crippen molar-refractivity contribution in [2.45, 2.75) is 297 Å². The maximum absolute atomic E-state index is 13.7. The number of carbonyl (C=O) groups is 2. The van der Waals surface area contributed by atoms with Gasteiger partial charge in [-0.25, -0.2) is 4.79 Å². The number of carbonyl (C=O) groups excluding carboxylic acids is 2. The number of fused-ring (bicyclic) bond motifs is 5. The van der Waals surface area contributed by atoms with Crippen molar-refractivity contribution in [3.63, 3.8) is 0 Å². The third-order valence-electron chi connectivity index (χ3n) is 22.6. The van der Waals surface area contributed by atoms with E-state index < -0.39 is 187 Å². The van der Waals surface area contributed by atoms with Gasteiger partial charge >= 0.3 is 11.9 Å². The van der Waals surface area contributed by atoms with Gasteiger partial charge in [0.25, 0.3) is 0 Å². The molecule has 8 fully saturated rings. The van der Waals surface area contributed by atoms with E-state index >= 15 is 0 Å². The van der Waals surface area contributed by atoms with Crippen LogP contribution in [0.1, 0.15) is 143 Å². The van der Waals surface area contributed by atoms with E-state index in [1.165, 1.54) is 14.0 Å². The van der Waals surface area contributed by atoms with Crippen LogP contribution >= 0.6 is 0 Å². The minimum Gasteiger partial charge on any atom is -0.462 e. The topological polar surface area (TPSA) is 304 Å². The minimum absolute atomic E-state index is 0.0282. The summed E-state index contributed by atoms with van der Waals surface area (Å²) in [6.07, 6.45) is -11.1. The molecule has 0 unspecified atom stereocenters. The number of anilines is 1. The van der Waals surface area contributed by atoms with Crippen LogP contribution in [0.5, 0.6) is 0 Å². The number of rotatable bonds is 20. The molecule has 6 N–H and O–H groups in total. The molecule has 0 aromatic heterocycles. The van der Waals surface area contributed by atoms with E-state index in [9.17, 15) is 35.1 Å². The number of aliphatic hydroxyl groups excluding tert-OH is 2. The lowest BCUT2D eigenvalue weighted by Gasteiger charge is -2.67. The number of hydrogen-bond acceptors (Lipinski definition) is 25. The fourth-order valence-electron chi connectivity index (χ4n) is 17.3. The predicted molar refractivity (Wildman–Crippen MR) is 322 cm³/mol. The van der Waals surface area contributed by atoms with Crippen molar-refractivity contribution < 1.29 is 116 Å². The predicted octanol–water partition coefficient (Wildman–Crippen LogP) is 4.75. The summed E-state index contributed by atoms with van der Waals surface area (Å²) in [7, 11) is 9.57. The van der Waals surface area contributed by atoms with E-state index in [-0.39, 0.29) is 37.4 Å². The van der Waals surface area contributed by atoms with Crippen molar-refractivity contribution in [1.29, 1.82) is 0 Å². The maximum Gasteiger partial charge on any atom is 0.340 e. The van der Waals surface area contributed by atoms with Crippen LogP contribution in [0.15, 0.2) is 35.9 Å². The molecule has 25 heteroatoms. The first-order chi connectivity index (χ1) is 43.1. The van der Waals surface area contributed by atoms with Gasteiger partial charge in [-0.3, -0.25) is 4.79 Å². The number of methoxy groups -OCH3 is 5. The molecular formula is C66H103NO24. The first-order valence-electron chi connectivity index (χ1n) is 32.7. The van der Waals surface area contributed by atoms with E-state index in [0.717, 1.165) is 5.57 Å². The zero-order valence-electron chi connectivity index (χ0n) is 55.6. The molecule has 0 amide bonds. The Morgan fingerprint density at radius 3 is 1.59 bits per heavy atom. The van der Waals surface area contributed by atoms with Crippen LogP contribution in [0.25, 0.3) is 0 Å². The number of benzene rings is 1. The molecule has 0 spiro atoms. The fraction of sp³-hybridized carbons (Fsp3) is 0.848. The Bertz CT molecular complexity index is 2670. The van der Waals surface area contributed by atoms with Gasteiger partial charge in [-0.15, -0.1) is 0 Å². The fourth-order valence-corrected chi connectivity index (χ4v) is 17.3. The summed E-state index contributed by atoms with van der Waals surface area (Å²) >= 11 is 0. The van der Waals surface area contributed by atoms with Crippen LogP contribution in [0, 0.1) is 16.7 Å². The van der Waals surface area contributed by atoms with Gasteiger partial charge in [0.05, 0.1) is 72.0 Å². The highest BCUT2D eigenvalue weighted by molar-refractivity contribution is 5.95. The van der Waals surface area contributed by atoms with Gasteiger partial charge in [0.1, 0.15) is 71.7 Å². The summed E-state index contributed by atoms with van der Waals surface area (Å²) < 4.78 is 107. The van der Waals surface area contributed by atoms with E-state index in [2.05, 4.69) is 12.2 Å². The molecule has 516 valence electrons. The second kappa shape index (κ2) is 28.2. The highest BCUT2D eigenvalue weighted by atomic mass is 16.8. The normalized spacial score (nSPS) is 47.8. The maximum atomic E-state index is 13.7. The van der Waals surface area contributed by atoms with Crippen molar-refractivity contribution >= 4 is 17.6 Å². The Morgan fingerprint density at radius 1 is 0.615 bits per heavy atom. The Kier molecular flexibility index (Phi) is 21.9. The summed E-state index contributed by atoms with van der Waals surface area (Å²) in [6.45, 7) is 15.9. The summed E-state index contributed by atoms with van der Waals surface area (Å²) in [4.78, 5) is 26.7. The first kappa shape index (κ1) is 70.7. The van der Waals surface area contributed by atoms with E-state index in [1.54, 1.807) is 80.5 Å². The summed E-state index contributed by atoms with van der Waals surface area (Å²) in [6, 6.07) is 6.87. The monoisotopic (exact) mass is 1290 g/mol. The molecule has 0 bridgehead atoms. The van der Waals surface area contributed by atoms with Crippen molar-refractivity contribution in [2.75, 3.05) is 47.9 Å². The first-order valence-corrected chi connectivity index (χ1v) is 32.7. The molecule has 1 aromatic carbocycles. The molecular weight excluding hydrogens is 1190 g/mol. The summed E-state index contributed by atoms with van der Waals surface area (Å²) in [5, 5.41) is 63.8. The van der Waals surface area contributed by atoms with Crippen molar-refractivity contribution in [3.8, 4) is 0 Å². The smallest absolute Gasteiger partial charge is 0.340 e. The van der Waals surface area contributed by atoms with Crippen LogP contribution in [0.2, 0.25) is 0 Å². The molecule has 3 saturated carbocycles. The van der Waals surface area contributed by atoms with Gasteiger partial charge < -0.3 is 111 Å². The number of aliphatic hydroxyl groups is 5. The Morgan fingerprint density at radius 2 is 1.11 bits per heavy atom. The molecule has 5 saturated heterocycles. The van der Waals surface area contributed by atoms with Gasteiger partial charge in [0.2, 0.25) is 0 Å². The van der Waals surface area contributed by atoms with Gasteiger partial charge in [0, 0.05) is 86.8 Å². The quantitative estimate of drug-likeness (QED) is 0.0758. The number of ether oxygens (including phenoxy) is 17. The van der Waals surface area contributed by atoms with Gasteiger partial charge in [-0.1, -0.05) is 37.6 Å². The zero-order chi connectivity index (χ0) is 65.9. The number of para-hydroxylation sites is 1. The Labute approximate surface area is 534 Å². The minimum atomic E-state index is -1.97. The molecule has 10 rings (SSSR count). The molecule has 91 heavy (non-hydrogen) atoms. The van der Waals surface area contributed by atoms with Crippen LogP contribution in [0.3, 0.4) is 0 Å². The highest BCUT2D eigenvalue weighted by Crippen LogP contribution is 2.71. The van der Waals surface area contributed by atoms with Crippen LogP contribution in [-0.4, -0.2) is 244 Å². The molecule has 1 aromatic rings. The molecule has 30 atom stereocenters. The third-order valence-corrected chi connectivity index (χ3v) is 22.6. The van der Waals surface area contributed by atoms with Crippen molar-refractivity contribution in [2.24, 2.45) is 16.7 Å². The third kappa shape index (κ3) is 13.0. The second-order valence-corrected chi connectivity index (χ2v) is 27.4. The lowest BCUT2D eigenvalue weighted by molar-refractivity contribution is -0.358. The summed E-state index contributed by atoms with van der Waals surface area (Å²) in [5.41, 5.74) is -6.05. The lowest BCUT2D eigenvalue weighted by Crippen LogP contribution is -2.78. The molecule has 5 heterocycles. The van der Waals surface area contributed by atoms with E-state index in [0.29, 0.717) is 50.6 Å². The lowest BCUT2D eigenvalue weighted by atomic mass is 9.42. The molecule has 0 radical (unpaired) electrons. The van der Waals surface area contributed by atoms with Crippen molar-refractivity contribution in [3.05, 3.63) is 41.5 Å². The van der Waals surface area contributed by atoms with E-state index in [1.807, 2.05) is 33.8 Å². The zero-order valence-corrected chi connectivity index (χ0v) is 55.6. The van der Waals surface area contributed by atoms with E-state index in [4.69, 9.17) is 80.5 Å². The highest BCUT2D eigenvalue weighted by Gasteiger charge is 2.81. The Balaban J connectivity index is 0.724. The Hall–Kier alpha value is -3.10. The number of esters is 2. The van der Waals surface area contributed by atoms with Crippen LogP contribution in [-0.2, 0) is 85.3 Å². The number of hydrogen-bond donors (Lipinski definition) is 6. The molecule has 25 nitrogen and oxygen atoms in total. The van der Waals surface area contributed by atoms with Crippen molar-refractivity contribution in [1.82, 2.24) is 0 Å². The van der Waals surface area contributed by atoms with Gasteiger partial charge in [-0.2, -0.15) is 0 Å².